The molecule has 1 amide bonds. The maximum absolute atomic E-state index is 12.5. The molecule has 2 aromatic rings. The molecule has 7 nitrogen and oxygen atoms in total. The van der Waals surface area contributed by atoms with Crippen LogP contribution in [0.2, 0.25) is 0 Å². The topological polar surface area (TPSA) is 101 Å². The number of benzene rings is 2. The van der Waals surface area contributed by atoms with Gasteiger partial charge in [0.2, 0.25) is 10.0 Å². The van der Waals surface area contributed by atoms with E-state index in [4.69, 9.17) is 0 Å². The van der Waals surface area contributed by atoms with Crippen molar-refractivity contribution in [3.8, 4) is 0 Å². The number of rotatable bonds is 8. The van der Waals surface area contributed by atoms with E-state index < -0.39 is 19.9 Å². The van der Waals surface area contributed by atoms with Gasteiger partial charge < -0.3 is 5.32 Å². The Labute approximate surface area is 172 Å². The predicted octanol–water partition coefficient (Wildman–Crippen LogP) is 2.76. The van der Waals surface area contributed by atoms with Crippen LogP contribution in [-0.2, 0) is 19.9 Å². The molecule has 0 aromatic heterocycles. The Bertz CT molecular complexity index is 1060. The van der Waals surface area contributed by atoms with Crippen molar-refractivity contribution in [3.63, 3.8) is 0 Å². The lowest BCUT2D eigenvalue weighted by atomic mass is 10.1. The van der Waals surface area contributed by atoms with Crippen molar-refractivity contribution in [2.45, 2.75) is 31.7 Å². The molecule has 29 heavy (non-hydrogen) atoms. The van der Waals surface area contributed by atoms with Gasteiger partial charge in [-0.3, -0.25) is 9.10 Å². The number of hydrogen-bond donors (Lipinski definition) is 1. The first-order valence-corrected chi connectivity index (χ1v) is 12.7. The monoisotopic (exact) mass is 438 g/mol. The largest absolute Gasteiger partial charge is 0.346 e. The lowest BCUT2D eigenvalue weighted by molar-refractivity contribution is 0.0940. The van der Waals surface area contributed by atoms with Crippen molar-refractivity contribution in [1.82, 2.24) is 5.32 Å². The van der Waals surface area contributed by atoms with E-state index in [1.54, 1.807) is 57.2 Å². The van der Waals surface area contributed by atoms with Crippen LogP contribution in [-0.4, -0.2) is 41.3 Å². The first-order chi connectivity index (χ1) is 13.5. The van der Waals surface area contributed by atoms with Crippen molar-refractivity contribution >= 4 is 31.5 Å². The predicted molar refractivity (Wildman–Crippen MR) is 114 cm³/mol. The van der Waals surface area contributed by atoms with Crippen LogP contribution in [0.3, 0.4) is 0 Å². The Morgan fingerprint density at radius 1 is 0.966 bits per heavy atom. The SMILES string of the molecule is CCN(c1ccc(C(=O)N[C@H](C)c2ccc(S(C)(=O)=O)cc2)cc1)S(=O)(=O)CC. The highest BCUT2D eigenvalue weighted by Gasteiger charge is 2.19. The van der Waals surface area contributed by atoms with Gasteiger partial charge in [-0.1, -0.05) is 12.1 Å². The number of nitrogens with one attached hydrogen (secondary N) is 1. The smallest absolute Gasteiger partial charge is 0.251 e. The van der Waals surface area contributed by atoms with E-state index >= 15 is 0 Å². The summed E-state index contributed by atoms with van der Waals surface area (Å²) in [4.78, 5) is 12.7. The zero-order chi connectivity index (χ0) is 21.8. The zero-order valence-corrected chi connectivity index (χ0v) is 18.5. The van der Waals surface area contributed by atoms with Gasteiger partial charge in [-0.25, -0.2) is 16.8 Å². The number of nitrogens with zero attached hydrogens (tertiary/aromatic N) is 1. The van der Waals surface area contributed by atoms with Crippen molar-refractivity contribution in [2.75, 3.05) is 22.9 Å². The van der Waals surface area contributed by atoms with Crippen molar-refractivity contribution < 1.29 is 21.6 Å². The van der Waals surface area contributed by atoms with Crippen LogP contribution in [0.5, 0.6) is 0 Å². The summed E-state index contributed by atoms with van der Waals surface area (Å²) in [6, 6.07) is 12.4. The Kier molecular flexibility index (Phi) is 7.07. The van der Waals surface area contributed by atoms with Gasteiger partial charge in [-0.15, -0.1) is 0 Å². The lowest BCUT2D eigenvalue weighted by Crippen LogP contribution is -2.32. The minimum atomic E-state index is -3.38. The van der Waals surface area contributed by atoms with Gasteiger partial charge in [0.25, 0.3) is 5.91 Å². The van der Waals surface area contributed by atoms with E-state index in [9.17, 15) is 21.6 Å². The molecule has 0 spiro atoms. The number of carbonyl (C=O) groups is 1. The molecule has 9 heteroatoms. The molecule has 0 bridgehead atoms. The third-order valence-corrected chi connectivity index (χ3v) is 7.56. The van der Waals surface area contributed by atoms with Gasteiger partial charge in [-0.05, 0) is 62.7 Å². The van der Waals surface area contributed by atoms with Crippen LogP contribution in [0, 0.1) is 0 Å². The lowest BCUT2D eigenvalue weighted by Gasteiger charge is -2.22. The number of carbonyl (C=O) groups excluding carboxylic acids is 1. The van der Waals surface area contributed by atoms with E-state index in [1.165, 1.54) is 16.4 Å². The summed E-state index contributed by atoms with van der Waals surface area (Å²) in [6.07, 6.45) is 1.14. The van der Waals surface area contributed by atoms with Crippen molar-refractivity contribution in [2.24, 2.45) is 0 Å². The van der Waals surface area contributed by atoms with Crippen LogP contribution in [0.25, 0.3) is 0 Å². The molecule has 0 aliphatic heterocycles. The van der Waals surface area contributed by atoms with Crippen LogP contribution < -0.4 is 9.62 Å². The fourth-order valence-corrected chi connectivity index (χ4v) is 4.62. The number of amides is 1. The summed E-state index contributed by atoms with van der Waals surface area (Å²) in [6.45, 7) is 5.45. The average molecular weight is 439 g/mol. The fraction of sp³-hybridized carbons (Fsp3) is 0.350. The first kappa shape index (κ1) is 22.9. The van der Waals surface area contributed by atoms with E-state index in [-0.39, 0.29) is 22.6 Å². The Hall–Kier alpha value is -2.39. The van der Waals surface area contributed by atoms with Crippen LogP contribution >= 0.6 is 0 Å². The molecule has 0 aliphatic rings. The molecule has 158 valence electrons. The number of anilines is 1. The fourth-order valence-electron chi connectivity index (χ4n) is 2.84. The number of sulfonamides is 1. The van der Waals surface area contributed by atoms with E-state index in [0.29, 0.717) is 17.8 Å². The third-order valence-electron chi connectivity index (χ3n) is 4.56. The molecule has 1 atom stereocenters. The molecule has 0 unspecified atom stereocenters. The maximum Gasteiger partial charge on any atom is 0.251 e. The summed E-state index contributed by atoms with van der Waals surface area (Å²) >= 11 is 0. The maximum atomic E-state index is 12.5. The van der Waals surface area contributed by atoms with Crippen LogP contribution in [0.4, 0.5) is 5.69 Å². The van der Waals surface area contributed by atoms with E-state index in [1.807, 2.05) is 0 Å². The van der Waals surface area contributed by atoms with Crippen LogP contribution in [0.15, 0.2) is 53.4 Å². The molecular formula is C20H26N2O5S2. The average Bonchev–Trinajstić information content (AvgIpc) is 2.68. The van der Waals surface area contributed by atoms with Gasteiger partial charge in [0.05, 0.1) is 22.4 Å². The Morgan fingerprint density at radius 3 is 1.97 bits per heavy atom. The molecule has 0 aliphatic carbocycles. The quantitative estimate of drug-likeness (QED) is 0.683. The van der Waals surface area contributed by atoms with Crippen molar-refractivity contribution in [1.29, 1.82) is 0 Å². The molecule has 0 saturated heterocycles. The summed E-state index contributed by atoms with van der Waals surface area (Å²) in [7, 11) is -6.65. The molecule has 1 N–H and O–H groups in total. The highest BCUT2D eigenvalue weighted by atomic mass is 32.2. The molecule has 0 radical (unpaired) electrons. The van der Waals surface area contributed by atoms with Gasteiger partial charge >= 0.3 is 0 Å². The normalized spacial score (nSPS) is 13.0. The van der Waals surface area contributed by atoms with Gasteiger partial charge in [0.15, 0.2) is 9.84 Å². The Morgan fingerprint density at radius 2 is 1.52 bits per heavy atom. The van der Waals surface area contributed by atoms with Crippen molar-refractivity contribution in [3.05, 3.63) is 59.7 Å². The third kappa shape index (κ3) is 5.57. The second kappa shape index (κ2) is 8.96. The molecular weight excluding hydrogens is 412 g/mol. The zero-order valence-electron chi connectivity index (χ0n) is 16.9. The first-order valence-electron chi connectivity index (χ1n) is 9.21. The molecule has 2 aromatic carbocycles. The highest BCUT2D eigenvalue weighted by molar-refractivity contribution is 7.92. The van der Waals surface area contributed by atoms with E-state index in [2.05, 4.69) is 5.32 Å². The summed E-state index contributed by atoms with van der Waals surface area (Å²) in [5.41, 5.74) is 1.68. The van der Waals surface area contributed by atoms with Gasteiger partial charge in [0.1, 0.15) is 0 Å². The summed E-state index contributed by atoms with van der Waals surface area (Å²) in [5, 5.41) is 2.85. The van der Waals surface area contributed by atoms with Gasteiger partial charge in [-0.2, -0.15) is 0 Å². The Balaban J connectivity index is 2.13. The highest BCUT2D eigenvalue weighted by Crippen LogP contribution is 2.20. The number of sulfone groups is 1. The summed E-state index contributed by atoms with van der Waals surface area (Å²) in [5.74, 6) is -0.309. The second-order valence-corrected chi connectivity index (χ2v) is 10.8. The van der Waals surface area contributed by atoms with E-state index in [0.717, 1.165) is 11.8 Å². The molecule has 2 rings (SSSR count). The van der Waals surface area contributed by atoms with Crippen LogP contribution in [0.1, 0.15) is 42.7 Å². The standard InChI is InChI=1S/C20H26N2O5S2/c1-5-22(29(26,27)6-2)18-11-7-17(8-12-18)20(23)21-15(3)16-9-13-19(14-10-16)28(4,24)25/h7-15H,5-6H2,1-4H3,(H,21,23)/t15-/m1/s1. The summed E-state index contributed by atoms with van der Waals surface area (Å²) < 4.78 is 48.7. The second-order valence-electron chi connectivity index (χ2n) is 6.65. The minimum Gasteiger partial charge on any atom is -0.346 e. The molecule has 0 heterocycles. The molecule has 0 fully saturated rings. The molecule has 0 saturated carbocycles. The van der Waals surface area contributed by atoms with Gasteiger partial charge in [0, 0.05) is 18.4 Å². The number of hydrogen-bond acceptors (Lipinski definition) is 5. The minimum absolute atomic E-state index is 0.00128.